The first-order chi connectivity index (χ1) is 11.6. The van der Waals surface area contributed by atoms with Gasteiger partial charge in [-0.05, 0) is 23.8 Å². The van der Waals surface area contributed by atoms with Crippen molar-refractivity contribution < 1.29 is 18.7 Å². The van der Waals surface area contributed by atoms with E-state index >= 15 is 0 Å². The summed E-state index contributed by atoms with van der Waals surface area (Å²) >= 11 is 0. The Morgan fingerprint density at radius 3 is 3.08 bits per heavy atom. The monoisotopic (exact) mass is 331 g/mol. The van der Waals surface area contributed by atoms with Crippen LogP contribution in [0.4, 0.5) is 4.39 Å². The van der Waals surface area contributed by atoms with E-state index in [1.807, 2.05) is 4.90 Å². The minimum atomic E-state index is -0.602. The molecule has 0 radical (unpaired) electrons. The summed E-state index contributed by atoms with van der Waals surface area (Å²) in [6, 6.07) is 5.83. The summed E-state index contributed by atoms with van der Waals surface area (Å²) < 4.78 is 18.6. The van der Waals surface area contributed by atoms with E-state index in [0.717, 1.165) is 5.56 Å². The largest absolute Gasteiger partial charge is 0.469 e. The van der Waals surface area contributed by atoms with Gasteiger partial charge in [0.2, 0.25) is 5.91 Å². The van der Waals surface area contributed by atoms with Crippen LogP contribution in [0.2, 0.25) is 0 Å². The van der Waals surface area contributed by atoms with Gasteiger partial charge in [-0.25, -0.2) is 4.39 Å². The third-order valence-corrected chi connectivity index (χ3v) is 4.20. The zero-order valence-corrected chi connectivity index (χ0v) is 13.3. The number of nitrogens with zero attached hydrogens (tertiary/aromatic N) is 2. The van der Waals surface area contributed by atoms with E-state index in [9.17, 15) is 14.0 Å². The molecule has 1 aromatic carbocycles. The van der Waals surface area contributed by atoms with E-state index in [1.165, 1.54) is 13.2 Å². The van der Waals surface area contributed by atoms with E-state index in [0.29, 0.717) is 30.5 Å². The van der Waals surface area contributed by atoms with Crippen molar-refractivity contribution in [2.24, 2.45) is 0 Å². The second-order valence-electron chi connectivity index (χ2n) is 5.66. The van der Waals surface area contributed by atoms with Gasteiger partial charge >= 0.3 is 5.97 Å². The van der Waals surface area contributed by atoms with Crippen LogP contribution in [0.15, 0.2) is 30.5 Å². The first-order valence-electron chi connectivity index (χ1n) is 7.71. The van der Waals surface area contributed by atoms with Crippen LogP contribution in [0.1, 0.15) is 12.0 Å². The summed E-state index contributed by atoms with van der Waals surface area (Å²) in [7, 11) is 1.30. The molecule has 1 aliphatic rings. The summed E-state index contributed by atoms with van der Waals surface area (Å²) in [5.41, 5.74) is 1.39. The first kappa shape index (κ1) is 16.3. The number of pyridine rings is 1. The predicted octanol–water partition coefficient (Wildman–Crippen LogP) is 1.24. The molecule has 1 unspecified atom stereocenters. The maximum atomic E-state index is 13.9. The summed E-state index contributed by atoms with van der Waals surface area (Å²) in [5.74, 6) is -0.973. The second kappa shape index (κ2) is 6.92. The standard InChI is InChI=1S/C17H18FN3O3/c1-24-15(22)9-14-17(23)20-7-8-21(14)10-11-4-5-13(18)12-3-2-6-19-16(11)12/h2-6,14H,7-10H2,1H3,(H,20,23). The molecule has 0 aliphatic carbocycles. The number of hydrogen-bond acceptors (Lipinski definition) is 5. The average Bonchev–Trinajstić information content (AvgIpc) is 2.60. The van der Waals surface area contributed by atoms with E-state index in [2.05, 4.69) is 15.0 Å². The number of methoxy groups -OCH3 is 1. The molecule has 3 rings (SSSR count). The Kier molecular flexibility index (Phi) is 4.71. The number of piperazine rings is 1. The number of carbonyl (C=O) groups is 2. The van der Waals surface area contributed by atoms with Crippen LogP contribution < -0.4 is 5.32 Å². The molecule has 2 aromatic rings. The second-order valence-corrected chi connectivity index (χ2v) is 5.66. The molecule has 0 bridgehead atoms. The molecule has 7 heteroatoms. The fourth-order valence-electron chi connectivity index (χ4n) is 2.96. The molecule has 0 saturated carbocycles. The molecule has 1 amide bonds. The summed E-state index contributed by atoms with van der Waals surface area (Å²) in [6.07, 6.45) is 1.59. The van der Waals surface area contributed by atoms with Crippen LogP contribution in [0.5, 0.6) is 0 Å². The molecule has 6 nitrogen and oxygen atoms in total. The molecule has 0 spiro atoms. The van der Waals surface area contributed by atoms with Gasteiger partial charge in [-0.3, -0.25) is 19.5 Å². The van der Waals surface area contributed by atoms with Crippen molar-refractivity contribution in [3.8, 4) is 0 Å². The highest BCUT2D eigenvalue weighted by Gasteiger charge is 2.32. The average molecular weight is 331 g/mol. The van der Waals surface area contributed by atoms with Crippen LogP contribution in [0.25, 0.3) is 10.9 Å². The lowest BCUT2D eigenvalue weighted by Crippen LogP contribution is -2.55. The molecule has 2 heterocycles. The van der Waals surface area contributed by atoms with Gasteiger partial charge in [0, 0.05) is 31.2 Å². The maximum absolute atomic E-state index is 13.9. The van der Waals surface area contributed by atoms with Gasteiger partial charge in [0.15, 0.2) is 0 Å². The highest BCUT2D eigenvalue weighted by atomic mass is 19.1. The van der Waals surface area contributed by atoms with E-state index < -0.39 is 12.0 Å². The minimum Gasteiger partial charge on any atom is -0.469 e. The normalized spacial score (nSPS) is 18.4. The van der Waals surface area contributed by atoms with Crippen LogP contribution in [-0.4, -0.2) is 48.0 Å². The summed E-state index contributed by atoms with van der Waals surface area (Å²) in [4.78, 5) is 29.9. The topological polar surface area (TPSA) is 71.5 Å². The number of rotatable bonds is 4. The number of halogens is 1. The van der Waals surface area contributed by atoms with Crippen molar-refractivity contribution in [1.29, 1.82) is 0 Å². The zero-order valence-electron chi connectivity index (χ0n) is 13.3. The SMILES string of the molecule is COC(=O)CC1C(=O)NCCN1Cc1ccc(F)c2cccnc12. The molecule has 1 aliphatic heterocycles. The van der Waals surface area contributed by atoms with Gasteiger partial charge in [-0.1, -0.05) is 6.07 Å². The predicted molar refractivity (Wildman–Crippen MR) is 85.5 cm³/mol. The number of carbonyl (C=O) groups excluding carboxylic acids is 2. The van der Waals surface area contributed by atoms with E-state index in [1.54, 1.807) is 24.4 Å². The number of nitrogens with one attached hydrogen (secondary N) is 1. The van der Waals surface area contributed by atoms with Crippen molar-refractivity contribution >= 4 is 22.8 Å². The Labute approximate surface area is 138 Å². The van der Waals surface area contributed by atoms with Crippen molar-refractivity contribution in [2.75, 3.05) is 20.2 Å². The van der Waals surface area contributed by atoms with Gasteiger partial charge in [-0.2, -0.15) is 0 Å². The highest BCUT2D eigenvalue weighted by molar-refractivity contribution is 5.87. The van der Waals surface area contributed by atoms with E-state index in [4.69, 9.17) is 0 Å². The van der Waals surface area contributed by atoms with Crippen LogP contribution in [0, 0.1) is 5.82 Å². The molecular formula is C17H18FN3O3. The van der Waals surface area contributed by atoms with Crippen molar-refractivity contribution in [1.82, 2.24) is 15.2 Å². The Hall–Kier alpha value is -2.54. The Morgan fingerprint density at radius 1 is 1.46 bits per heavy atom. The lowest BCUT2D eigenvalue weighted by atomic mass is 10.0. The van der Waals surface area contributed by atoms with Crippen LogP contribution in [0.3, 0.4) is 0 Å². The van der Waals surface area contributed by atoms with Gasteiger partial charge in [0.05, 0.1) is 19.0 Å². The Balaban J connectivity index is 1.89. The van der Waals surface area contributed by atoms with Crippen molar-refractivity contribution in [3.05, 3.63) is 41.8 Å². The minimum absolute atomic E-state index is 0.0190. The molecule has 1 aromatic heterocycles. The number of fused-ring (bicyclic) bond motifs is 1. The summed E-state index contributed by atoms with van der Waals surface area (Å²) in [5, 5.41) is 3.20. The van der Waals surface area contributed by atoms with Gasteiger partial charge in [0.25, 0.3) is 0 Å². The maximum Gasteiger partial charge on any atom is 0.307 e. The molecule has 24 heavy (non-hydrogen) atoms. The number of amides is 1. The number of esters is 1. The van der Waals surface area contributed by atoms with Gasteiger partial charge < -0.3 is 10.1 Å². The zero-order chi connectivity index (χ0) is 17.1. The number of aromatic nitrogens is 1. The quantitative estimate of drug-likeness (QED) is 0.854. The lowest BCUT2D eigenvalue weighted by Gasteiger charge is -2.34. The molecular weight excluding hydrogens is 313 g/mol. The van der Waals surface area contributed by atoms with E-state index in [-0.39, 0.29) is 18.1 Å². The van der Waals surface area contributed by atoms with Gasteiger partial charge in [-0.15, -0.1) is 0 Å². The fourth-order valence-corrected chi connectivity index (χ4v) is 2.96. The number of benzene rings is 1. The first-order valence-corrected chi connectivity index (χ1v) is 7.71. The highest BCUT2D eigenvalue weighted by Crippen LogP contribution is 2.23. The van der Waals surface area contributed by atoms with Crippen molar-refractivity contribution in [3.63, 3.8) is 0 Å². The molecule has 1 N–H and O–H groups in total. The molecule has 126 valence electrons. The van der Waals surface area contributed by atoms with Crippen molar-refractivity contribution in [2.45, 2.75) is 19.0 Å². The van der Waals surface area contributed by atoms with Crippen LogP contribution >= 0.6 is 0 Å². The molecule has 1 fully saturated rings. The Bertz CT molecular complexity index is 781. The van der Waals surface area contributed by atoms with Crippen LogP contribution in [-0.2, 0) is 20.9 Å². The number of ether oxygens (including phenoxy) is 1. The third-order valence-electron chi connectivity index (χ3n) is 4.20. The molecule has 1 saturated heterocycles. The third kappa shape index (κ3) is 3.21. The number of hydrogen-bond donors (Lipinski definition) is 1. The Morgan fingerprint density at radius 2 is 2.29 bits per heavy atom. The lowest BCUT2D eigenvalue weighted by molar-refractivity contribution is -0.146. The molecule has 1 atom stereocenters. The van der Waals surface area contributed by atoms with Gasteiger partial charge in [0.1, 0.15) is 11.9 Å². The summed E-state index contributed by atoms with van der Waals surface area (Å²) in [6.45, 7) is 1.51. The smallest absolute Gasteiger partial charge is 0.307 e. The fraction of sp³-hybridized carbons (Fsp3) is 0.353.